The van der Waals surface area contributed by atoms with Crippen molar-refractivity contribution in [1.29, 1.82) is 0 Å². The maximum Gasteiger partial charge on any atom is 0.276 e. The molecular weight excluding hydrogens is 474 g/mol. The second-order valence-corrected chi connectivity index (χ2v) is 10.5. The van der Waals surface area contributed by atoms with Gasteiger partial charge in [0.15, 0.2) is 0 Å². The third-order valence-corrected chi connectivity index (χ3v) is 7.22. The van der Waals surface area contributed by atoms with Crippen molar-refractivity contribution in [3.8, 4) is 11.8 Å². The first kappa shape index (κ1) is 24.0. The van der Waals surface area contributed by atoms with Crippen LogP contribution in [0.5, 0.6) is 0 Å². The molecule has 0 atom stereocenters. The standard InChI is InChI=1S/C24H24ClN5O3S/c1-17-14-19(9-8-18-6-4-3-5-7-18)15-26-23(17)28-24(31)22-21(25)16-27-30(22)20-10-12-29(13-11-20)34(2,32)33/h3-7,14-16,20H,10-13H2,1-2H3,(H,26,28,31). The van der Waals surface area contributed by atoms with E-state index in [1.165, 1.54) is 16.8 Å². The maximum absolute atomic E-state index is 13.1. The van der Waals surface area contributed by atoms with Crippen molar-refractivity contribution >= 4 is 33.3 Å². The topological polar surface area (TPSA) is 97.2 Å². The van der Waals surface area contributed by atoms with Gasteiger partial charge in [-0.25, -0.2) is 17.7 Å². The number of aromatic nitrogens is 3. The molecule has 8 nitrogen and oxygen atoms in total. The third kappa shape index (κ3) is 5.47. The Morgan fingerprint density at radius 1 is 1.12 bits per heavy atom. The Bertz CT molecular complexity index is 1370. The van der Waals surface area contributed by atoms with Gasteiger partial charge in [-0.2, -0.15) is 5.10 Å². The zero-order chi connectivity index (χ0) is 24.3. The molecule has 3 heterocycles. The lowest BCUT2D eigenvalue weighted by atomic mass is 10.1. The van der Waals surface area contributed by atoms with E-state index in [0.29, 0.717) is 31.7 Å². The zero-order valence-electron chi connectivity index (χ0n) is 18.8. The van der Waals surface area contributed by atoms with Crippen LogP contribution < -0.4 is 5.32 Å². The molecule has 2 aromatic heterocycles. The highest BCUT2D eigenvalue weighted by Gasteiger charge is 2.30. The average Bonchev–Trinajstić information content (AvgIpc) is 3.21. The first-order valence-corrected chi connectivity index (χ1v) is 13.0. The van der Waals surface area contributed by atoms with Crippen LogP contribution in [0.25, 0.3) is 0 Å². The van der Waals surface area contributed by atoms with Gasteiger partial charge in [0.05, 0.1) is 23.5 Å². The summed E-state index contributed by atoms with van der Waals surface area (Å²) in [5.41, 5.74) is 2.63. The number of rotatable bonds is 4. The summed E-state index contributed by atoms with van der Waals surface area (Å²) in [7, 11) is -3.24. The van der Waals surface area contributed by atoms with Crippen LogP contribution in [0, 0.1) is 18.8 Å². The first-order valence-electron chi connectivity index (χ1n) is 10.8. The van der Waals surface area contributed by atoms with E-state index in [4.69, 9.17) is 11.6 Å². The van der Waals surface area contributed by atoms with E-state index in [-0.39, 0.29) is 16.8 Å². The molecule has 1 aromatic carbocycles. The van der Waals surface area contributed by atoms with E-state index in [1.807, 2.05) is 43.3 Å². The smallest absolute Gasteiger partial charge is 0.276 e. The predicted molar refractivity (Wildman–Crippen MR) is 131 cm³/mol. The largest absolute Gasteiger partial charge is 0.305 e. The van der Waals surface area contributed by atoms with Crippen molar-refractivity contribution in [2.45, 2.75) is 25.8 Å². The minimum absolute atomic E-state index is 0.129. The number of aryl methyl sites for hydroxylation is 1. The van der Waals surface area contributed by atoms with Gasteiger partial charge in [-0.3, -0.25) is 9.48 Å². The number of benzene rings is 1. The van der Waals surface area contributed by atoms with E-state index in [2.05, 4.69) is 27.2 Å². The molecule has 0 radical (unpaired) electrons. The van der Waals surface area contributed by atoms with Gasteiger partial charge in [0, 0.05) is 30.4 Å². The summed E-state index contributed by atoms with van der Waals surface area (Å²) in [6, 6.07) is 11.4. The Hall–Kier alpha value is -3.19. The monoisotopic (exact) mass is 497 g/mol. The van der Waals surface area contributed by atoms with Gasteiger partial charge in [0.1, 0.15) is 11.5 Å². The van der Waals surface area contributed by atoms with Crippen molar-refractivity contribution in [2.75, 3.05) is 24.7 Å². The minimum atomic E-state index is -3.24. The zero-order valence-corrected chi connectivity index (χ0v) is 20.4. The fraction of sp³-hybridized carbons (Fsp3) is 0.292. The van der Waals surface area contributed by atoms with Crippen LogP contribution in [0.2, 0.25) is 5.02 Å². The van der Waals surface area contributed by atoms with Crippen molar-refractivity contribution in [1.82, 2.24) is 19.1 Å². The van der Waals surface area contributed by atoms with E-state index in [0.717, 1.165) is 16.7 Å². The summed E-state index contributed by atoms with van der Waals surface area (Å²) in [5, 5.41) is 7.34. The number of amides is 1. The Morgan fingerprint density at radius 2 is 1.79 bits per heavy atom. The summed E-state index contributed by atoms with van der Waals surface area (Å²) in [5.74, 6) is 6.15. The number of anilines is 1. The lowest BCUT2D eigenvalue weighted by Gasteiger charge is -2.31. The minimum Gasteiger partial charge on any atom is -0.305 e. The summed E-state index contributed by atoms with van der Waals surface area (Å²) >= 11 is 6.30. The van der Waals surface area contributed by atoms with E-state index in [1.54, 1.807) is 10.9 Å². The van der Waals surface area contributed by atoms with Crippen molar-refractivity contribution < 1.29 is 13.2 Å². The van der Waals surface area contributed by atoms with Gasteiger partial charge in [0.25, 0.3) is 5.91 Å². The first-order chi connectivity index (χ1) is 16.2. The van der Waals surface area contributed by atoms with Crippen LogP contribution in [0.4, 0.5) is 5.82 Å². The van der Waals surface area contributed by atoms with Gasteiger partial charge in [-0.1, -0.05) is 41.6 Å². The number of carbonyl (C=O) groups excluding carboxylic acids is 1. The summed E-state index contributed by atoms with van der Waals surface area (Å²) in [6.07, 6.45) is 5.32. The molecule has 1 amide bonds. The molecule has 0 spiro atoms. The number of hydrogen-bond donors (Lipinski definition) is 1. The van der Waals surface area contributed by atoms with Crippen molar-refractivity contribution in [2.24, 2.45) is 0 Å². The van der Waals surface area contributed by atoms with E-state index >= 15 is 0 Å². The molecule has 1 saturated heterocycles. The third-order valence-electron chi connectivity index (χ3n) is 5.64. The van der Waals surface area contributed by atoms with Gasteiger partial charge in [0.2, 0.25) is 10.0 Å². The number of piperidine rings is 1. The van der Waals surface area contributed by atoms with Crippen molar-refractivity contribution in [3.63, 3.8) is 0 Å². The van der Waals surface area contributed by atoms with Crippen LogP contribution in [0.1, 0.15) is 46.1 Å². The Morgan fingerprint density at radius 3 is 2.44 bits per heavy atom. The Labute approximate surface area is 204 Å². The van der Waals surface area contributed by atoms with Crippen molar-refractivity contribution in [3.05, 3.63) is 76.2 Å². The fourth-order valence-corrected chi connectivity index (χ4v) is 4.95. The van der Waals surface area contributed by atoms with Crippen LogP contribution in [0.3, 0.4) is 0 Å². The molecule has 34 heavy (non-hydrogen) atoms. The number of halogens is 1. The molecule has 1 aliphatic heterocycles. The second-order valence-electron chi connectivity index (χ2n) is 8.14. The number of carbonyl (C=O) groups is 1. The lowest BCUT2D eigenvalue weighted by molar-refractivity contribution is 0.101. The Balaban J connectivity index is 1.49. The van der Waals surface area contributed by atoms with Gasteiger partial charge in [-0.05, 0) is 43.5 Å². The Kier molecular flexibility index (Phi) is 7.03. The summed E-state index contributed by atoms with van der Waals surface area (Å²) in [4.78, 5) is 17.5. The number of sulfonamides is 1. The van der Waals surface area contributed by atoms with Gasteiger partial charge >= 0.3 is 0 Å². The molecule has 1 aliphatic rings. The van der Waals surface area contributed by atoms with E-state index in [9.17, 15) is 13.2 Å². The normalized spacial score (nSPS) is 14.9. The molecule has 0 unspecified atom stereocenters. The number of pyridine rings is 1. The fourth-order valence-electron chi connectivity index (χ4n) is 3.86. The lowest BCUT2D eigenvalue weighted by Crippen LogP contribution is -2.39. The molecule has 3 aromatic rings. The van der Waals surface area contributed by atoms with Gasteiger partial charge < -0.3 is 5.32 Å². The molecule has 1 fully saturated rings. The second kappa shape index (κ2) is 9.97. The highest BCUT2D eigenvalue weighted by Crippen LogP contribution is 2.28. The predicted octanol–water partition coefficient (Wildman–Crippen LogP) is 3.49. The SMILES string of the molecule is Cc1cc(C#Cc2ccccc2)cnc1NC(=O)c1c(Cl)cnn1C1CCN(S(C)(=O)=O)CC1. The number of nitrogens with zero attached hydrogens (tertiary/aromatic N) is 4. The van der Waals surface area contributed by atoms with Crippen LogP contribution in [-0.2, 0) is 10.0 Å². The molecule has 0 aliphatic carbocycles. The average molecular weight is 498 g/mol. The molecule has 0 saturated carbocycles. The molecular formula is C24H24ClN5O3S. The number of nitrogens with one attached hydrogen (secondary N) is 1. The van der Waals surface area contributed by atoms with Gasteiger partial charge in [-0.15, -0.1) is 0 Å². The quantitative estimate of drug-likeness (QED) is 0.556. The summed E-state index contributed by atoms with van der Waals surface area (Å²) < 4.78 is 26.6. The molecule has 0 bridgehead atoms. The summed E-state index contributed by atoms with van der Waals surface area (Å²) in [6.45, 7) is 2.58. The maximum atomic E-state index is 13.1. The molecule has 1 N–H and O–H groups in total. The van der Waals surface area contributed by atoms with Crippen LogP contribution in [-0.4, -0.2) is 52.7 Å². The highest BCUT2D eigenvalue weighted by atomic mass is 35.5. The van der Waals surface area contributed by atoms with E-state index < -0.39 is 15.9 Å². The highest BCUT2D eigenvalue weighted by molar-refractivity contribution is 7.88. The molecule has 10 heteroatoms. The molecule has 4 rings (SSSR count). The van der Waals surface area contributed by atoms with Crippen LogP contribution >= 0.6 is 11.6 Å². The molecule has 176 valence electrons. The van der Waals surface area contributed by atoms with Crippen LogP contribution in [0.15, 0.2) is 48.8 Å². The number of hydrogen-bond acceptors (Lipinski definition) is 5.